The highest BCUT2D eigenvalue weighted by Crippen LogP contribution is 2.29. The number of benzene rings is 1. The van der Waals surface area contributed by atoms with Crippen LogP contribution in [0.2, 0.25) is 5.02 Å². The second kappa shape index (κ2) is 2.68. The second-order valence-corrected chi connectivity index (χ2v) is 2.83. The van der Waals surface area contributed by atoms with E-state index in [2.05, 4.69) is 9.93 Å². The van der Waals surface area contributed by atoms with E-state index in [0.29, 0.717) is 0 Å². The maximum Gasteiger partial charge on any atom is 0.191 e. The quantitative estimate of drug-likeness (QED) is 0.726. The van der Waals surface area contributed by atoms with E-state index in [1.165, 1.54) is 6.07 Å². The summed E-state index contributed by atoms with van der Waals surface area (Å²) in [7, 11) is 0. The van der Waals surface area contributed by atoms with Crippen molar-refractivity contribution in [2.75, 3.05) is 0 Å². The lowest BCUT2D eigenvalue weighted by molar-refractivity contribution is -0.00590. The molecule has 12 heavy (non-hydrogen) atoms. The van der Waals surface area contributed by atoms with E-state index < -0.39 is 0 Å². The topological polar surface area (TPSA) is 25.0 Å². The van der Waals surface area contributed by atoms with Crippen LogP contribution in [-0.2, 0) is 0 Å². The molecule has 2 rings (SSSR count). The molecule has 0 bridgehead atoms. The Hall–Kier alpha value is -1.22. The molecule has 0 spiro atoms. The summed E-state index contributed by atoms with van der Waals surface area (Å²) in [6.07, 6.45) is 1.75. The summed E-state index contributed by atoms with van der Waals surface area (Å²) >= 11 is 5.68. The van der Waals surface area contributed by atoms with E-state index in [0.717, 1.165) is 10.9 Å². The Kier molecular flexibility index (Phi) is 1.66. The molecule has 0 saturated heterocycles. The maximum absolute atomic E-state index is 11.8. The van der Waals surface area contributed by atoms with Gasteiger partial charge in [0.2, 0.25) is 0 Å². The van der Waals surface area contributed by atoms with Gasteiger partial charge in [-0.15, -0.1) is 0 Å². The molecule has 0 unspecified atom stereocenters. The molecule has 0 saturated carbocycles. The molecule has 62 valence electrons. The zero-order valence-electron chi connectivity index (χ0n) is 5.97. The van der Waals surface area contributed by atoms with Crippen molar-refractivity contribution in [2.24, 2.45) is 0 Å². The molecule has 0 aliphatic carbocycles. The molecule has 2 aromatic rings. The molecule has 1 aromatic heterocycles. The van der Waals surface area contributed by atoms with Crippen LogP contribution in [0.3, 0.4) is 0 Å². The highest BCUT2D eigenvalue weighted by molar-refractivity contribution is 6.32. The Bertz CT molecular complexity index is 412. The number of fused-ring (bicyclic) bond motifs is 1. The van der Waals surface area contributed by atoms with Crippen molar-refractivity contribution in [3.63, 3.8) is 0 Å². The van der Waals surface area contributed by atoms with Gasteiger partial charge >= 0.3 is 0 Å². The minimum absolute atomic E-state index is 0.0452. The van der Waals surface area contributed by atoms with Gasteiger partial charge in [0.15, 0.2) is 5.75 Å². The SMILES string of the molecule is FOc1cc2cc[nH]c2cc1Cl. The minimum atomic E-state index is 0.0452. The van der Waals surface area contributed by atoms with E-state index in [-0.39, 0.29) is 10.8 Å². The van der Waals surface area contributed by atoms with Crippen LogP contribution in [0.1, 0.15) is 0 Å². The van der Waals surface area contributed by atoms with Crippen LogP contribution in [0, 0.1) is 0 Å². The molecule has 1 heterocycles. The molecular weight excluding hydrogens is 181 g/mol. The number of H-pyrrole nitrogens is 1. The van der Waals surface area contributed by atoms with Gasteiger partial charge in [0.05, 0.1) is 5.02 Å². The second-order valence-electron chi connectivity index (χ2n) is 2.42. The highest BCUT2D eigenvalue weighted by Gasteiger charge is 2.04. The van der Waals surface area contributed by atoms with Gasteiger partial charge in [-0.3, -0.25) is 4.94 Å². The summed E-state index contributed by atoms with van der Waals surface area (Å²) in [5, 5.41) is 1.12. The lowest BCUT2D eigenvalue weighted by Crippen LogP contribution is -1.78. The third-order valence-corrected chi connectivity index (χ3v) is 1.98. The van der Waals surface area contributed by atoms with Crippen molar-refractivity contribution >= 4 is 22.5 Å². The zero-order valence-corrected chi connectivity index (χ0v) is 6.73. The molecule has 0 aliphatic rings. The van der Waals surface area contributed by atoms with Crippen LogP contribution in [0.5, 0.6) is 5.75 Å². The first-order valence-electron chi connectivity index (χ1n) is 3.36. The van der Waals surface area contributed by atoms with Gasteiger partial charge in [0.1, 0.15) is 0 Å². The molecular formula is C8H5ClFNO. The van der Waals surface area contributed by atoms with Gasteiger partial charge in [-0.2, -0.15) is 0 Å². The average Bonchev–Trinajstić information content (AvgIpc) is 2.49. The van der Waals surface area contributed by atoms with Crippen LogP contribution in [-0.4, -0.2) is 4.98 Å². The van der Waals surface area contributed by atoms with Gasteiger partial charge in [-0.25, -0.2) is 0 Å². The fourth-order valence-electron chi connectivity index (χ4n) is 1.11. The number of halogens is 2. The van der Waals surface area contributed by atoms with Crippen molar-refractivity contribution in [3.8, 4) is 5.75 Å². The number of hydrogen-bond donors (Lipinski definition) is 1. The fraction of sp³-hybridized carbons (Fsp3) is 0. The van der Waals surface area contributed by atoms with Crippen molar-refractivity contribution in [1.82, 2.24) is 4.98 Å². The van der Waals surface area contributed by atoms with E-state index >= 15 is 0 Å². The largest absolute Gasteiger partial charge is 0.361 e. The van der Waals surface area contributed by atoms with Crippen LogP contribution in [0.4, 0.5) is 4.53 Å². The van der Waals surface area contributed by atoms with Crippen LogP contribution in [0.25, 0.3) is 10.9 Å². The summed E-state index contributed by atoms with van der Waals surface area (Å²) in [6, 6.07) is 4.97. The van der Waals surface area contributed by atoms with Crippen LogP contribution >= 0.6 is 11.6 Å². The molecule has 0 fully saturated rings. The fourth-order valence-corrected chi connectivity index (χ4v) is 1.31. The van der Waals surface area contributed by atoms with E-state index in [1.54, 1.807) is 12.3 Å². The third-order valence-electron chi connectivity index (χ3n) is 1.69. The standard InChI is InChI=1S/C8H5ClFNO/c9-6-4-7-5(1-2-11-7)3-8(6)12-10/h1-4,11H. The lowest BCUT2D eigenvalue weighted by atomic mass is 10.2. The number of aromatic amines is 1. The molecule has 4 heteroatoms. The summed E-state index contributed by atoms with van der Waals surface area (Å²) in [5.41, 5.74) is 0.862. The van der Waals surface area contributed by atoms with E-state index in [4.69, 9.17) is 11.6 Å². The average molecular weight is 186 g/mol. The molecule has 0 atom stereocenters. The first-order valence-corrected chi connectivity index (χ1v) is 3.74. The Balaban J connectivity index is 2.73. The minimum Gasteiger partial charge on any atom is -0.361 e. The predicted molar refractivity (Wildman–Crippen MR) is 45.0 cm³/mol. The molecule has 0 aliphatic heterocycles. The number of aromatic nitrogens is 1. The van der Waals surface area contributed by atoms with Gasteiger partial charge in [0, 0.05) is 21.6 Å². The molecule has 2 nitrogen and oxygen atoms in total. The smallest absolute Gasteiger partial charge is 0.191 e. The van der Waals surface area contributed by atoms with Crippen molar-refractivity contribution in [2.45, 2.75) is 0 Å². The summed E-state index contributed by atoms with van der Waals surface area (Å²) in [5.74, 6) is 0.0452. The number of nitrogens with one attached hydrogen (secondary N) is 1. The van der Waals surface area contributed by atoms with Gasteiger partial charge in [-0.1, -0.05) is 11.6 Å². The highest BCUT2D eigenvalue weighted by atomic mass is 35.5. The van der Waals surface area contributed by atoms with Gasteiger partial charge in [-0.05, 0) is 18.2 Å². The monoisotopic (exact) mass is 185 g/mol. The van der Waals surface area contributed by atoms with Gasteiger partial charge < -0.3 is 4.98 Å². The van der Waals surface area contributed by atoms with Crippen LogP contribution in [0.15, 0.2) is 24.4 Å². The summed E-state index contributed by atoms with van der Waals surface area (Å²) in [6.45, 7) is 0. The Morgan fingerprint density at radius 1 is 1.42 bits per heavy atom. The lowest BCUT2D eigenvalue weighted by Gasteiger charge is -1.97. The molecule has 0 radical (unpaired) electrons. The van der Waals surface area contributed by atoms with Crippen molar-refractivity contribution in [1.29, 1.82) is 0 Å². The van der Waals surface area contributed by atoms with Crippen molar-refractivity contribution in [3.05, 3.63) is 29.4 Å². The maximum atomic E-state index is 11.8. The third kappa shape index (κ3) is 1.02. The Morgan fingerprint density at radius 3 is 3.00 bits per heavy atom. The van der Waals surface area contributed by atoms with E-state index in [9.17, 15) is 4.53 Å². The zero-order chi connectivity index (χ0) is 8.55. The normalized spacial score (nSPS) is 10.5. The van der Waals surface area contributed by atoms with Crippen molar-refractivity contribution < 1.29 is 9.47 Å². The summed E-state index contributed by atoms with van der Waals surface area (Å²) < 4.78 is 11.8. The molecule has 0 amide bonds. The summed E-state index contributed by atoms with van der Waals surface area (Å²) in [4.78, 5) is 6.53. The van der Waals surface area contributed by atoms with E-state index in [1.807, 2.05) is 6.07 Å². The Labute approximate surface area is 72.8 Å². The van der Waals surface area contributed by atoms with Crippen LogP contribution < -0.4 is 4.94 Å². The first kappa shape index (κ1) is 7.43. The first-order chi connectivity index (χ1) is 5.81. The number of hydrogen-bond acceptors (Lipinski definition) is 1. The van der Waals surface area contributed by atoms with Gasteiger partial charge in [0.25, 0.3) is 0 Å². The number of rotatable bonds is 1. The molecule has 1 N–H and O–H groups in total. The Morgan fingerprint density at radius 2 is 2.25 bits per heavy atom. The molecule has 1 aromatic carbocycles. The predicted octanol–water partition coefficient (Wildman–Crippen LogP) is 3.08.